The van der Waals surface area contributed by atoms with E-state index in [0.29, 0.717) is 0 Å². The molecule has 0 bridgehead atoms. The normalized spacial score (nSPS) is 14.9. The van der Waals surface area contributed by atoms with E-state index >= 15 is 0 Å². The molecular weight excluding hydrogens is 258 g/mol. The van der Waals surface area contributed by atoms with Crippen LogP contribution in [0.5, 0.6) is 0 Å². The average Bonchev–Trinajstić information content (AvgIpc) is 1.98. The van der Waals surface area contributed by atoms with E-state index in [9.17, 15) is 21.9 Å². The summed E-state index contributed by atoms with van der Waals surface area (Å²) in [6, 6.07) is 0. The van der Waals surface area contributed by atoms with E-state index in [1.165, 1.54) is 7.11 Å². The number of nitrogens with one attached hydrogen (secondary N) is 1. The second-order valence-electron chi connectivity index (χ2n) is 3.45. The minimum atomic E-state index is -3.84. The van der Waals surface area contributed by atoms with E-state index in [-0.39, 0.29) is 19.6 Å². The minimum absolute atomic E-state index is 0.0254. The molecule has 0 aromatic rings. The van der Waals surface area contributed by atoms with Gasteiger partial charge in [0.05, 0.1) is 12.7 Å². The molecule has 0 saturated carbocycles. The van der Waals surface area contributed by atoms with Gasteiger partial charge in [0.25, 0.3) is 0 Å². The summed E-state index contributed by atoms with van der Waals surface area (Å²) in [5, 5.41) is 8.26. The molecule has 0 aromatic carbocycles. The number of aliphatic hydroxyl groups is 1. The van der Waals surface area contributed by atoms with Crippen molar-refractivity contribution in [3.8, 4) is 0 Å². The average molecular weight is 275 g/mol. The monoisotopic (exact) mass is 275 g/mol. The zero-order chi connectivity index (χ0) is 12.8. The van der Waals surface area contributed by atoms with E-state index in [1.54, 1.807) is 0 Å². The van der Waals surface area contributed by atoms with E-state index in [2.05, 4.69) is 9.46 Å². The summed E-state index contributed by atoms with van der Waals surface area (Å²) in [5.41, 5.74) is 0. The van der Waals surface area contributed by atoms with Crippen LogP contribution in [0.25, 0.3) is 0 Å². The maximum absolute atomic E-state index is 11.2. The first-order valence-electron chi connectivity index (χ1n) is 4.48. The lowest BCUT2D eigenvalue weighted by Gasteiger charge is -2.09. The highest BCUT2D eigenvalue weighted by Crippen LogP contribution is 1.95. The highest BCUT2D eigenvalue weighted by Gasteiger charge is 2.17. The first-order chi connectivity index (χ1) is 7.16. The van der Waals surface area contributed by atoms with Crippen LogP contribution in [0.1, 0.15) is 6.42 Å². The fraction of sp³-hybridized carbons (Fsp3) is 1.00. The summed E-state index contributed by atoms with van der Waals surface area (Å²) in [7, 11) is -6.01. The number of hydrogen-bond acceptors (Lipinski definition) is 6. The van der Waals surface area contributed by atoms with Crippen LogP contribution >= 0.6 is 0 Å². The Hall–Kier alpha value is -0.220. The van der Waals surface area contributed by atoms with Gasteiger partial charge in [-0.1, -0.05) is 0 Å². The van der Waals surface area contributed by atoms with Gasteiger partial charge in [0.2, 0.25) is 10.0 Å². The molecule has 0 rings (SSSR count). The summed E-state index contributed by atoms with van der Waals surface area (Å²) in [6.45, 7) is 0.0795. The molecule has 0 aliphatic carbocycles. The van der Waals surface area contributed by atoms with Crippen LogP contribution in [0.4, 0.5) is 0 Å². The van der Waals surface area contributed by atoms with Crippen molar-refractivity contribution in [2.45, 2.75) is 12.5 Å². The van der Waals surface area contributed by atoms with Crippen LogP contribution in [0, 0.1) is 0 Å². The van der Waals surface area contributed by atoms with Crippen molar-refractivity contribution in [1.29, 1.82) is 0 Å². The van der Waals surface area contributed by atoms with Gasteiger partial charge >= 0.3 is 0 Å². The molecule has 0 aliphatic heterocycles. The smallest absolute Gasteiger partial charge is 0.226 e. The van der Waals surface area contributed by atoms with Crippen molar-refractivity contribution in [1.82, 2.24) is 4.72 Å². The zero-order valence-electron chi connectivity index (χ0n) is 9.21. The van der Waals surface area contributed by atoms with Crippen molar-refractivity contribution >= 4 is 19.9 Å². The van der Waals surface area contributed by atoms with Crippen molar-refractivity contribution < 1.29 is 26.7 Å². The molecule has 0 heterocycles. The number of hydrogen-bond donors (Lipinski definition) is 2. The van der Waals surface area contributed by atoms with Gasteiger partial charge in [0, 0.05) is 19.9 Å². The third kappa shape index (κ3) is 9.04. The Balaban J connectivity index is 4.02. The number of sulfonamides is 1. The lowest BCUT2D eigenvalue weighted by Crippen LogP contribution is -2.32. The molecule has 7 nitrogen and oxygen atoms in total. The van der Waals surface area contributed by atoms with Crippen LogP contribution in [-0.4, -0.2) is 59.6 Å². The van der Waals surface area contributed by atoms with E-state index in [4.69, 9.17) is 0 Å². The second-order valence-corrected chi connectivity index (χ2v) is 7.76. The van der Waals surface area contributed by atoms with Gasteiger partial charge in [-0.25, -0.2) is 21.6 Å². The molecule has 0 fully saturated rings. The Morgan fingerprint density at radius 2 is 1.88 bits per heavy atom. The van der Waals surface area contributed by atoms with Crippen molar-refractivity contribution in [3.05, 3.63) is 0 Å². The fourth-order valence-electron chi connectivity index (χ4n) is 0.980. The molecule has 98 valence electrons. The van der Waals surface area contributed by atoms with Crippen LogP contribution < -0.4 is 4.72 Å². The van der Waals surface area contributed by atoms with Crippen molar-refractivity contribution in [2.75, 3.05) is 31.6 Å². The van der Waals surface area contributed by atoms with E-state index < -0.39 is 31.0 Å². The number of ether oxygens (including phenoxy) is 1. The molecule has 0 amide bonds. The summed E-state index contributed by atoms with van der Waals surface area (Å²) in [6.07, 6.45) is 0.231. The molecule has 2 N–H and O–H groups in total. The van der Waals surface area contributed by atoms with Gasteiger partial charge in [-0.15, -0.1) is 0 Å². The van der Waals surface area contributed by atoms with Crippen LogP contribution in [0.2, 0.25) is 0 Å². The zero-order valence-corrected chi connectivity index (χ0v) is 10.8. The molecule has 1 atom stereocenters. The quantitative estimate of drug-likeness (QED) is 0.547. The fourth-order valence-corrected chi connectivity index (χ4v) is 4.00. The lowest BCUT2D eigenvalue weighted by atomic mass is 10.3. The number of aliphatic hydroxyl groups excluding tert-OH is 1. The molecule has 0 radical (unpaired) electrons. The summed E-state index contributed by atoms with van der Waals surface area (Å²) < 4.78 is 50.6. The molecule has 1 unspecified atom stereocenters. The standard InChI is InChI=1S/C7H17NO6S2/c1-14-5-7(9)3-4-8-16(12,13)6-15(2,10)11/h7-9H,3-6H2,1-2H3. The van der Waals surface area contributed by atoms with Gasteiger partial charge in [-0.2, -0.15) is 0 Å². The Kier molecular flexibility index (Phi) is 6.41. The highest BCUT2D eigenvalue weighted by molar-refractivity contribution is 8.06. The number of methoxy groups -OCH3 is 1. The summed E-state index contributed by atoms with van der Waals surface area (Å²) >= 11 is 0. The topological polar surface area (TPSA) is 110 Å². The Morgan fingerprint density at radius 3 is 2.31 bits per heavy atom. The van der Waals surface area contributed by atoms with Gasteiger partial charge in [-0.05, 0) is 6.42 Å². The predicted octanol–water partition coefficient (Wildman–Crippen LogP) is -1.69. The molecule has 0 saturated heterocycles. The van der Waals surface area contributed by atoms with Gasteiger partial charge in [0.15, 0.2) is 14.9 Å². The van der Waals surface area contributed by atoms with Crippen molar-refractivity contribution in [3.63, 3.8) is 0 Å². The summed E-state index contributed by atoms with van der Waals surface area (Å²) in [5.74, 6) is 0. The molecule has 9 heteroatoms. The first kappa shape index (κ1) is 15.8. The summed E-state index contributed by atoms with van der Waals surface area (Å²) in [4.78, 5) is 0. The first-order valence-corrected chi connectivity index (χ1v) is 8.19. The van der Waals surface area contributed by atoms with Gasteiger partial charge in [-0.3, -0.25) is 0 Å². The maximum Gasteiger partial charge on any atom is 0.226 e. The van der Waals surface area contributed by atoms with E-state index in [0.717, 1.165) is 6.26 Å². The van der Waals surface area contributed by atoms with Crippen LogP contribution in [0.3, 0.4) is 0 Å². The lowest BCUT2D eigenvalue weighted by molar-refractivity contribution is 0.0603. The molecule has 0 aromatic heterocycles. The Labute approximate surface area is 95.8 Å². The molecule has 0 spiro atoms. The molecular formula is C7H17NO6S2. The second kappa shape index (κ2) is 6.50. The molecule has 0 aliphatic rings. The largest absolute Gasteiger partial charge is 0.391 e. The predicted molar refractivity (Wildman–Crippen MR) is 59.1 cm³/mol. The maximum atomic E-state index is 11.2. The number of sulfone groups is 1. The van der Waals surface area contributed by atoms with Crippen molar-refractivity contribution in [2.24, 2.45) is 0 Å². The van der Waals surface area contributed by atoms with E-state index in [1.807, 2.05) is 0 Å². The molecule has 16 heavy (non-hydrogen) atoms. The minimum Gasteiger partial charge on any atom is -0.391 e. The van der Waals surface area contributed by atoms with Gasteiger partial charge in [0.1, 0.15) is 0 Å². The van der Waals surface area contributed by atoms with Gasteiger partial charge < -0.3 is 9.84 Å². The SMILES string of the molecule is COCC(O)CCNS(=O)(=O)CS(C)(=O)=O. The van der Waals surface area contributed by atoms with Crippen LogP contribution in [-0.2, 0) is 24.6 Å². The third-order valence-corrected chi connectivity index (χ3v) is 5.13. The highest BCUT2D eigenvalue weighted by atomic mass is 32.3. The Bertz CT molecular complexity index is 387. The van der Waals surface area contributed by atoms with Crippen LogP contribution in [0.15, 0.2) is 0 Å². The Morgan fingerprint density at radius 1 is 1.31 bits per heavy atom. The third-order valence-electron chi connectivity index (χ3n) is 1.53. The number of rotatable bonds is 8.